The Kier molecular flexibility index (Phi) is 4.24. The number of rotatable bonds is 5. The maximum absolute atomic E-state index is 11.1. The highest BCUT2D eigenvalue weighted by atomic mass is 32.2. The smallest absolute Gasteiger partial charge is 0.271 e. The number of anilines is 2. The number of hydrogen-bond donors (Lipinski definition) is 2. The van der Waals surface area contributed by atoms with Gasteiger partial charge in [-0.25, -0.2) is 13.6 Å². The van der Waals surface area contributed by atoms with Crippen molar-refractivity contribution in [2.75, 3.05) is 24.3 Å². The molecule has 2 rings (SSSR count). The molecule has 1 aromatic carbocycles. The first-order chi connectivity index (χ1) is 9.77. The van der Waals surface area contributed by atoms with Crippen LogP contribution in [0.15, 0.2) is 39.8 Å². The first kappa shape index (κ1) is 15.4. The molecule has 0 aliphatic heterocycles. The summed E-state index contributed by atoms with van der Waals surface area (Å²) in [5.74, 6) is 0.506. The summed E-state index contributed by atoms with van der Waals surface area (Å²) in [4.78, 5) is 2.03. The van der Waals surface area contributed by atoms with Crippen molar-refractivity contribution in [1.29, 1.82) is 0 Å². The monoisotopic (exact) mass is 309 g/mol. The van der Waals surface area contributed by atoms with Gasteiger partial charge in [-0.2, -0.15) is 0 Å². The van der Waals surface area contributed by atoms with Gasteiger partial charge in [0.25, 0.3) is 10.0 Å². The molecule has 3 N–H and O–H groups in total. The molecule has 2 aromatic rings. The van der Waals surface area contributed by atoms with E-state index in [0.29, 0.717) is 12.3 Å². The number of hydrogen-bond acceptors (Lipinski definition) is 5. The van der Waals surface area contributed by atoms with Crippen molar-refractivity contribution in [2.45, 2.75) is 18.6 Å². The zero-order valence-corrected chi connectivity index (χ0v) is 13.1. The standard InChI is InChI=1S/C14H19N3O3S/c1-10-4-5-11(8-13(10)17(2)3)16-9-12-6-7-14(20-12)21(15,18)19/h4-8,16H,9H2,1-3H3,(H2,15,18,19). The quantitative estimate of drug-likeness (QED) is 0.881. The molecule has 114 valence electrons. The molecule has 6 nitrogen and oxygen atoms in total. The Morgan fingerprint density at radius 3 is 2.52 bits per heavy atom. The summed E-state index contributed by atoms with van der Waals surface area (Å²) in [5.41, 5.74) is 3.22. The van der Waals surface area contributed by atoms with Gasteiger partial charge in [0.15, 0.2) is 0 Å². The predicted octanol–water partition coefficient (Wildman–Crippen LogP) is 1.91. The number of aryl methyl sites for hydroxylation is 1. The average Bonchev–Trinajstić information content (AvgIpc) is 2.86. The molecule has 21 heavy (non-hydrogen) atoms. The Bertz CT molecular complexity index is 736. The van der Waals surface area contributed by atoms with Crippen LogP contribution in [0.2, 0.25) is 0 Å². The van der Waals surface area contributed by atoms with Crippen LogP contribution in [0.3, 0.4) is 0 Å². The third kappa shape index (κ3) is 3.77. The molecule has 1 aromatic heterocycles. The van der Waals surface area contributed by atoms with Gasteiger partial charge in [-0.15, -0.1) is 0 Å². The molecule has 0 atom stereocenters. The Balaban J connectivity index is 2.10. The number of benzene rings is 1. The van der Waals surface area contributed by atoms with Crippen LogP contribution in [0.5, 0.6) is 0 Å². The van der Waals surface area contributed by atoms with Crippen LogP contribution in [0.4, 0.5) is 11.4 Å². The SMILES string of the molecule is Cc1ccc(NCc2ccc(S(N)(=O)=O)o2)cc1N(C)C. The zero-order valence-electron chi connectivity index (χ0n) is 12.3. The number of nitrogens with one attached hydrogen (secondary N) is 1. The van der Waals surface area contributed by atoms with Gasteiger partial charge in [-0.1, -0.05) is 6.07 Å². The molecule has 1 heterocycles. The van der Waals surface area contributed by atoms with E-state index in [1.807, 2.05) is 44.1 Å². The fourth-order valence-electron chi connectivity index (χ4n) is 2.00. The second kappa shape index (κ2) is 5.79. The number of nitrogens with two attached hydrogens (primary N) is 1. The van der Waals surface area contributed by atoms with Crippen molar-refractivity contribution in [3.63, 3.8) is 0 Å². The number of sulfonamides is 1. The van der Waals surface area contributed by atoms with E-state index < -0.39 is 10.0 Å². The van der Waals surface area contributed by atoms with Crippen LogP contribution in [-0.4, -0.2) is 22.5 Å². The van der Waals surface area contributed by atoms with Crippen molar-refractivity contribution < 1.29 is 12.8 Å². The van der Waals surface area contributed by atoms with Crippen LogP contribution < -0.4 is 15.4 Å². The molecule has 0 aliphatic rings. The molecule has 0 fully saturated rings. The molecule has 0 aliphatic carbocycles. The van der Waals surface area contributed by atoms with Gasteiger partial charge in [0.2, 0.25) is 5.09 Å². The highest BCUT2D eigenvalue weighted by Gasteiger charge is 2.13. The first-order valence-electron chi connectivity index (χ1n) is 6.41. The second-order valence-corrected chi connectivity index (χ2v) is 6.51. The van der Waals surface area contributed by atoms with Gasteiger partial charge in [0.05, 0.1) is 6.54 Å². The van der Waals surface area contributed by atoms with E-state index in [9.17, 15) is 8.42 Å². The van der Waals surface area contributed by atoms with Gasteiger partial charge in [-0.05, 0) is 36.8 Å². The summed E-state index contributed by atoms with van der Waals surface area (Å²) >= 11 is 0. The fraction of sp³-hybridized carbons (Fsp3) is 0.286. The summed E-state index contributed by atoms with van der Waals surface area (Å²) < 4.78 is 27.5. The van der Waals surface area contributed by atoms with Gasteiger partial charge >= 0.3 is 0 Å². The van der Waals surface area contributed by atoms with Crippen molar-refractivity contribution in [3.8, 4) is 0 Å². The first-order valence-corrected chi connectivity index (χ1v) is 7.95. The minimum atomic E-state index is -3.79. The van der Waals surface area contributed by atoms with E-state index in [-0.39, 0.29) is 5.09 Å². The summed E-state index contributed by atoms with van der Waals surface area (Å²) in [6.07, 6.45) is 0. The van der Waals surface area contributed by atoms with Crippen molar-refractivity contribution >= 4 is 21.4 Å². The van der Waals surface area contributed by atoms with Gasteiger partial charge in [0, 0.05) is 25.5 Å². The number of primary sulfonamides is 1. The predicted molar refractivity (Wildman–Crippen MR) is 82.9 cm³/mol. The van der Waals surface area contributed by atoms with Crippen molar-refractivity contribution in [3.05, 3.63) is 41.7 Å². The lowest BCUT2D eigenvalue weighted by Crippen LogP contribution is -2.11. The van der Waals surface area contributed by atoms with E-state index in [1.165, 1.54) is 11.6 Å². The van der Waals surface area contributed by atoms with Crippen molar-refractivity contribution in [1.82, 2.24) is 0 Å². The number of furan rings is 1. The molecule has 0 saturated carbocycles. The van der Waals surface area contributed by atoms with Gasteiger partial charge in [-0.3, -0.25) is 0 Å². The molecular formula is C14H19N3O3S. The van der Waals surface area contributed by atoms with Gasteiger partial charge in [0.1, 0.15) is 5.76 Å². The molecule has 0 saturated heterocycles. The van der Waals surface area contributed by atoms with Crippen molar-refractivity contribution in [2.24, 2.45) is 5.14 Å². The molecular weight excluding hydrogens is 290 g/mol. The molecule has 0 unspecified atom stereocenters. The minimum absolute atomic E-state index is 0.225. The largest absolute Gasteiger partial charge is 0.446 e. The zero-order chi connectivity index (χ0) is 15.6. The summed E-state index contributed by atoms with van der Waals surface area (Å²) in [7, 11) is 0.177. The summed E-state index contributed by atoms with van der Waals surface area (Å²) in [6.45, 7) is 2.43. The summed E-state index contributed by atoms with van der Waals surface area (Å²) in [6, 6.07) is 8.96. The van der Waals surface area contributed by atoms with Crippen LogP contribution in [0, 0.1) is 6.92 Å². The lowest BCUT2D eigenvalue weighted by Gasteiger charge is -2.17. The van der Waals surface area contributed by atoms with Gasteiger partial charge < -0.3 is 14.6 Å². The molecule has 7 heteroatoms. The highest BCUT2D eigenvalue weighted by molar-refractivity contribution is 7.89. The van der Waals surface area contributed by atoms with Crippen LogP contribution in [-0.2, 0) is 16.6 Å². The number of nitrogens with zero attached hydrogens (tertiary/aromatic N) is 1. The molecule has 0 spiro atoms. The average molecular weight is 309 g/mol. The minimum Gasteiger partial charge on any atom is -0.446 e. The Hall–Kier alpha value is -1.99. The highest BCUT2D eigenvalue weighted by Crippen LogP contribution is 2.23. The normalized spacial score (nSPS) is 11.4. The lowest BCUT2D eigenvalue weighted by molar-refractivity contribution is 0.419. The van der Waals surface area contributed by atoms with E-state index in [1.54, 1.807) is 6.07 Å². The maximum Gasteiger partial charge on any atom is 0.271 e. The second-order valence-electron chi connectivity index (χ2n) is 5.01. The van der Waals surface area contributed by atoms with Crippen LogP contribution in [0.1, 0.15) is 11.3 Å². The van der Waals surface area contributed by atoms with Crippen LogP contribution in [0.25, 0.3) is 0 Å². The van der Waals surface area contributed by atoms with E-state index in [0.717, 1.165) is 11.4 Å². The molecule has 0 amide bonds. The van der Waals surface area contributed by atoms with E-state index >= 15 is 0 Å². The molecule has 0 radical (unpaired) electrons. The Morgan fingerprint density at radius 1 is 1.24 bits per heavy atom. The lowest BCUT2D eigenvalue weighted by atomic mass is 10.1. The Morgan fingerprint density at radius 2 is 1.95 bits per heavy atom. The third-order valence-electron chi connectivity index (χ3n) is 3.08. The Labute approximate surface area is 124 Å². The molecule has 0 bridgehead atoms. The topological polar surface area (TPSA) is 88.6 Å². The van der Waals surface area contributed by atoms with Crippen LogP contribution >= 0.6 is 0 Å². The third-order valence-corrected chi connectivity index (χ3v) is 3.86. The summed E-state index contributed by atoms with van der Waals surface area (Å²) in [5, 5.41) is 7.97. The fourth-order valence-corrected chi connectivity index (χ4v) is 2.48. The maximum atomic E-state index is 11.1. The van der Waals surface area contributed by atoms with E-state index in [4.69, 9.17) is 9.56 Å². The van der Waals surface area contributed by atoms with E-state index in [2.05, 4.69) is 5.32 Å².